The first-order chi connectivity index (χ1) is 4.75. The molecule has 11 heavy (non-hydrogen) atoms. The number of anilines is 1. The molecule has 5 heteroatoms. The number of hydrogen-bond acceptors (Lipinski definition) is 2. The smallest absolute Gasteiger partial charge is 0.148 e. The van der Waals surface area contributed by atoms with Crippen LogP contribution in [0.2, 0.25) is 0 Å². The Kier molecular flexibility index (Phi) is 4.71. The Morgan fingerprint density at radius 2 is 2.09 bits per heavy atom. The summed E-state index contributed by atoms with van der Waals surface area (Å²) < 4.78 is 13.5. The molecule has 2 nitrogen and oxygen atoms in total. The molecule has 0 atom stereocenters. The van der Waals surface area contributed by atoms with Gasteiger partial charge in [-0.1, -0.05) is 6.07 Å². The number of nitrogen functional groups attached to an aromatic ring is 1. The van der Waals surface area contributed by atoms with Crippen molar-refractivity contribution in [1.82, 2.24) is 0 Å². The number of hydrogen-bond donors (Lipinski definition) is 2. The van der Waals surface area contributed by atoms with Crippen molar-refractivity contribution < 1.29 is 4.39 Å². The summed E-state index contributed by atoms with van der Waals surface area (Å²) in [4.78, 5) is 0. The first kappa shape index (κ1) is 10.9. The molecule has 0 radical (unpaired) electrons. The van der Waals surface area contributed by atoms with Gasteiger partial charge < -0.3 is 5.43 Å². The van der Waals surface area contributed by atoms with Crippen molar-refractivity contribution in [2.75, 3.05) is 5.43 Å². The Balaban J connectivity index is 0.000001000. The van der Waals surface area contributed by atoms with Crippen molar-refractivity contribution in [3.8, 4) is 0 Å². The van der Waals surface area contributed by atoms with Crippen LogP contribution in [0.25, 0.3) is 0 Å². The summed E-state index contributed by atoms with van der Waals surface area (Å²) in [5.41, 5.74) is 2.63. The molecular weight excluding hydrogens is 281 g/mol. The number of hydrazine groups is 1. The predicted octanol–water partition coefficient (Wildman–Crippen LogP) is 2.14. The largest absolute Gasteiger partial charge is 0.321 e. The van der Waals surface area contributed by atoms with Crippen molar-refractivity contribution in [3.63, 3.8) is 0 Å². The van der Waals surface area contributed by atoms with Crippen LogP contribution in [0.5, 0.6) is 0 Å². The predicted molar refractivity (Wildman–Crippen MR) is 54.2 cm³/mol. The van der Waals surface area contributed by atoms with Crippen LogP contribution in [0.15, 0.2) is 18.2 Å². The number of para-hydroxylation sites is 1. The zero-order chi connectivity index (χ0) is 7.56. The summed E-state index contributed by atoms with van der Waals surface area (Å²) in [5, 5.41) is 0. The maximum Gasteiger partial charge on any atom is 0.148 e. The van der Waals surface area contributed by atoms with Crippen LogP contribution >= 0.6 is 35.0 Å². The maximum atomic E-state index is 12.7. The van der Waals surface area contributed by atoms with Crippen LogP contribution in [0.4, 0.5) is 10.1 Å². The van der Waals surface area contributed by atoms with E-state index in [0.717, 1.165) is 3.57 Å². The summed E-state index contributed by atoms with van der Waals surface area (Å²) in [6.07, 6.45) is 0. The minimum Gasteiger partial charge on any atom is -0.321 e. The highest BCUT2D eigenvalue weighted by molar-refractivity contribution is 14.1. The van der Waals surface area contributed by atoms with Gasteiger partial charge in [-0.05, 0) is 34.7 Å². The van der Waals surface area contributed by atoms with E-state index in [1.165, 1.54) is 6.07 Å². The van der Waals surface area contributed by atoms with Crippen molar-refractivity contribution in [2.45, 2.75) is 0 Å². The standard InChI is InChI=1S/C6H6FIN2.ClH/c7-4-2-1-3-5(8)6(4)10-9;/h1-3,10H,9H2;1H. The van der Waals surface area contributed by atoms with Crippen LogP contribution in [-0.4, -0.2) is 0 Å². The van der Waals surface area contributed by atoms with E-state index in [4.69, 9.17) is 5.84 Å². The molecule has 1 rings (SSSR count). The second kappa shape index (κ2) is 4.74. The van der Waals surface area contributed by atoms with Gasteiger partial charge in [-0.3, -0.25) is 5.84 Å². The minimum absolute atomic E-state index is 0. The minimum atomic E-state index is -0.325. The zero-order valence-corrected chi connectivity index (χ0v) is 8.45. The van der Waals surface area contributed by atoms with E-state index in [-0.39, 0.29) is 18.2 Å². The molecular formula is C6H7ClFIN2. The normalized spacial score (nSPS) is 8.64. The van der Waals surface area contributed by atoms with E-state index >= 15 is 0 Å². The third-order valence-electron chi connectivity index (χ3n) is 1.11. The number of benzene rings is 1. The van der Waals surface area contributed by atoms with E-state index in [1.54, 1.807) is 12.1 Å². The van der Waals surface area contributed by atoms with E-state index in [2.05, 4.69) is 5.43 Å². The van der Waals surface area contributed by atoms with Crippen LogP contribution in [-0.2, 0) is 0 Å². The summed E-state index contributed by atoms with van der Waals surface area (Å²) in [7, 11) is 0. The molecule has 1 aromatic rings. The summed E-state index contributed by atoms with van der Waals surface area (Å²) in [5.74, 6) is 4.73. The number of rotatable bonds is 1. The molecule has 0 aliphatic heterocycles. The van der Waals surface area contributed by atoms with Crippen molar-refractivity contribution >= 4 is 40.7 Å². The fraction of sp³-hybridized carbons (Fsp3) is 0. The molecule has 1 aromatic carbocycles. The fourth-order valence-corrected chi connectivity index (χ4v) is 1.26. The molecule has 0 bridgehead atoms. The number of nitrogens with one attached hydrogen (secondary N) is 1. The number of nitrogens with two attached hydrogens (primary N) is 1. The van der Waals surface area contributed by atoms with E-state index in [1.807, 2.05) is 22.6 Å². The van der Waals surface area contributed by atoms with Crippen LogP contribution < -0.4 is 11.3 Å². The molecule has 0 amide bonds. The first-order valence-electron chi connectivity index (χ1n) is 2.66. The number of halogens is 3. The molecule has 0 spiro atoms. The van der Waals surface area contributed by atoms with Gasteiger partial charge >= 0.3 is 0 Å². The van der Waals surface area contributed by atoms with Crippen molar-refractivity contribution in [1.29, 1.82) is 0 Å². The topological polar surface area (TPSA) is 38.0 Å². The lowest BCUT2D eigenvalue weighted by Crippen LogP contribution is -2.09. The third-order valence-corrected chi connectivity index (χ3v) is 2.01. The van der Waals surface area contributed by atoms with Gasteiger partial charge in [0.2, 0.25) is 0 Å². The lowest BCUT2D eigenvalue weighted by molar-refractivity contribution is 0.630. The van der Waals surface area contributed by atoms with Crippen molar-refractivity contribution in [3.05, 3.63) is 27.6 Å². The monoisotopic (exact) mass is 288 g/mol. The molecule has 0 unspecified atom stereocenters. The lowest BCUT2D eigenvalue weighted by Gasteiger charge is -2.02. The second-order valence-corrected chi connectivity index (χ2v) is 2.90. The highest BCUT2D eigenvalue weighted by Gasteiger charge is 2.01. The Morgan fingerprint density at radius 3 is 2.45 bits per heavy atom. The molecule has 0 aliphatic carbocycles. The molecule has 0 saturated carbocycles. The molecule has 0 aliphatic rings. The maximum absolute atomic E-state index is 12.7. The van der Waals surface area contributed by atoms with Gasteiger partial charge in [-0.25, -0.2) is 4.39 Å². The SMILES string of the molecule is Cl.NNc1c(F)cccc1I. The highest BCUT2D eigenvalue weighted by atomic mass is 127. The molecule has 62 valence electrons. The highest BCUT2D eigenvalue weighted by Crippen LogP contribution is 2.19. The zero-order valence-electron chi connectivity index (χ0n) is 5.47. The Morgan fingerprint density at radius 1 is 1.45 bits per heavy atom. The Labute approximate surface area is 83.9 Å². The Bertz CT molecular complexity index is 224. The third kappa shape index (κ3) is 2.46. The average Bonchev–Trinajstić information content (AvgIpc) is 1.88. The van der Waals surface area contributed by atoms with Crippen LogP contribution in [0.1, 0.15) is 0 Å². The van der Waals surface area contributed by atoms with Crippen LogP contribution in [0, 0.1) is 9.39 Å². The van der Waals surface area contributed by atoms with Gasteiger partial charge in [0.15, 0.2) is 0 Å². The van der Waals surface area contributed by atoms with E-state index < -0.39 is 0 Å². The molecule has 0 saturated heterocycles. The lowest BCUT2D eigenvalue weighted by atomic mass is 10.3. The fourth-order valence-electron chi connectivity index (χ4n) is 0.636. The summed E-state index contributed by atoms with van der Waals surface area (Å²) in [6, 6.07) is 4.77. The quantitative estimate of drug-likeness (QED) is 0.472. The molecule has 0 aromatic heterocycles. The van der Waals surface area contributed by atoms with Gasteiger partial charge in [0.1, 0.15) is 5.82 Å². The first-order valence-corrected chi connectivity index (χ1v) is 3.74. The van der Waals surface area contributed by atoms with Crippen molar-refractivity contribution in [2.24, 2.45) is 5.84 Å². The van der Waals surface area contributed by atoms with Gasteiger partial charge in [-0.2, -0.15) is 0 Å². The average molecular weight is 288 g/mol. The second-order valence-electron chi connectivity index (χ2n) is 1.74. The van der Waals surface area contributed by atoms with Gasteiger partial charge in [-0.15, -0.1) is 12.4 Å². The molecule has 0 heterocycles. The Hall–Kier alpha value is -0.0700. The van der Waals surface area contributed by atoms with Gasteiger partial charge in [0.05, 0.1) is 5.69 Å². The van der Waals surface area contributed by atoms with E-state index in [9.17, 15) is 4.39 Å². The van der Waals surface area contributed by atoms with Gasteiger partial charge in [0.25, 0.3) is 0 Å². The summed E-state index contributed by atoms with van der Waals surface area (Å²) >= 11 is 2.00. The molecule has 3 N–H and O–H groups in total. The van der Waals surface area contributed by atoms with E-state index in [0.29, 0.717) is 5.69 Å². The summed E-state index contributed by atoms with van der Waals surface area (Å²) in [6.45, 7) is 0. The van der Waals surface area contributed by atoms with Crippen LogP contribution in [0.3, 0.4) is 0 Å². The molecule has 0 fully saturated rings. The van der Waals surface area contributed by atoms with Gasteiger partial charge in [0, 0.05) is 3.57 Å².